The molecule has 0 spiro atoms. The van der Waals surface area contributed by atoms with Gasteiger partial charge < -0.3 is 5.11 Å². The van der Waals surface area contributed by atoms with Crippen molar-refractivity contribution in [1.29, 1.82) is 0 Å². The van der Waals surface area contributed by atoms with Gasteiger partial charge in [0.25, 0.3) is 0 Å². The number of hydrogen-bond donors (Lipinski definition) is 1. The predicted octanol–water partition coefficient (Wildman–Crippen LogP) is 2.34. The fourth-order valence-electron chi connectivity index (χ4n) is 0.990. The summed E-state index contributed by atoms with van der Waals surface area (Å²) in [5, 5.41) is 10.2. The van der Waals surface area contributed by atoms with Crippen LogP contribution >= 0.6 is 15.9 Å². The lowest BCUT2D eigenvalue weighted by Gasteiger charge is -1.98. The van der Waals surface area contributed by atoms with E-state index in [9.17, 15) is 9.90 Å². The van der Waals surface area contributed by atoms with Crippen LogP contribution in [0.15, 0.2) is 18.2 Å². The molecule has 0 amide bonds. The maximum absolute atomic E-state index is 10.6. The summed E-state index contributed by atoms with van der Waals surface area (Å²) < 4.78 is 0. The molecule has 1 aromatic carbocycles. The minimum Gasteiger partial charge on any atom is -0.507 e. The number of hydrogen-bond acceptors (Lipinski definition) is 2. The minimum absolute atomic E-state index is 0.0525. The van der Waals surface area contributed by atoms with Gasteiger partial charge in [0.2, 0.25) is 0 Å². The second kappa shape index (κ2) is 5.46. The van der Waals surface area contributed by atoms with Crippen LogP contribution in [0.1, 0.15) is 22.3 Å². The van der Waals surface area contributed by atoms with Crippen molar-refractivity contribution in [2.75, 3.05) is 5.33 Å². The molecule has 0 aromatic heterocycles. The van der Waals surface area contributed by atoms with Gasteiger partial charge in [-0.25, -0.2) is 0 Å². The number of carbonyl (C=O) groups is 1. The molecule has 1 rings (SSSR count). The van der Waals surface area contributed by atoms with Gasteiger partial charge in [-0.15, -0.1) is 0 Å². The standard InChI is InChI=1S/C11H9BrO2/c12-7-2-1-5-10-9(8-13)4-3-6-11(10)14/h3-4,6,8,14H,2,7H2. The van der Waals surface area contributed by atoms with Crippen LogP contribution in [0, 0.1) is 11.8 Å². The monoisotopic (exact) mass is 252 g/mol. The fraction of sp³-hybridized carbons (Fsp3) is 0.182. The Kier molecular flexibility index (Phi) is 4.21. The first kappa shape index (κ1) is 10.8. The molecule has 14 heavy (non-hydrogen) atoms. The van der Waals surface area contributed by atoms with Crippen LogP contribution in [0.5, 0.6) is 5.75 Å². The molecule has 0 bridgehead atoms. The molecule has 0 heterocycles. The zero-order chi connectivity index (χ0) is 10.4. The topological polar surface area (TPSA) is 37.3 Å². The molecule has 0 aliphatic carbocycles. The molecule has 0 aliphatic heterocycles. The molecule has 1 aromatic rings. The van der Waals surface area contributed by atoms with Gasteiger partial charge in [-0.2, -0.15) is 0 Å². The van der Waals surface area contributed by atoms with Crippen molar-refractivity contribution in [2.45, 2.75) is 6.42 Å². The molecule has 1 N–H and O–H groups in total. The molecule has 0 saturated heterocycles. The van der Waals surface area contributed by atoms with Crippen molar-refractivity contribution in [3.8, 4) is 17.6 Å². The van der Waals surface area contributed by atoms with Crippen LogP contribution in [0.2, 0.25) is 0 Å². The van der Waals surface area contributed by atoms with E-state index < -0.39 is 0 Å². The molecule has 0 unspecified atom stereocenters. The quantitative estimate of drug-likeness (QED) is 0.499. The molecule has 0 saturated carbocycles. The summed E-state index contributed by atoms with van der Waals surface area (Å²) in [6, 6.07) is 4.77. The maximum Gasteiger partial charge on any atom is 0.151 e. The molecule has 72 valence electrons. The lowest BCUT2D eigenvalue weighted by Crippen LogP contribution is -1.87. The Bertz CT molecular complexity index is 388. The molecule has 3 heteroatoms. The first-order valence-electron chi connectivity index (χ1n) is 4.11. The zero-order valence-electron chi connectivity index (χ0n) is 7.46. The first-order chi connectivity index (χ1) is 6.79. The van der Waals surface area contributed by atoms with Gasteiger partial charge >= 0.3 is 0 Å². The molecular formula is C11H9BrO2. The average molecular weight is 253 g/mol. The summed E-state index contributed by atoms with van der Waals surface area (Å²) in [5.41, 5.74) is 0.829. The van der Waals surface area contributed by atoms with Crippen molar-refractivity contribution < 1.29 is 9.90 Å². The number of phenols is 1. The largest absolute Gasteiger partial charge is 0.507 e. The van der Waals surface area contributed by atoms with E-state index in [1.54, 1.807) is 12.1 Å². The predicted molar refractivity (Wildman–Crippen MR) is 58.8 cm³/mol. The van der Waals surface area contributed by atoms with E-state index in [4.69, 9.17) is 0 Å². The van der Waals surface area contributed by atoms with Gasteiger partial charge in [0.15, 0.2) is 6.29 Å². The summed E-state index contributed by atoms with van der Waals surface area (Å²) in [4.78, 5) is 10.6. The lowest BCUT2D eigenvalue weighted by molar-refractivity contribution is 0.112. The van der Waals surface area contributed by atoms with Crippen LogP contribution < -0.4 is 0 Å². The van der Waals surface area contributed by atoms with Crippen molar-refractivity contribution in [3.63, 3.8) is 0 Å². The Morgan fingerprint density at radius 2 is 2.29 bits per heavy atom. The SMILES string of the molecule is O=Cc1cccc(O)c1C#CCCBr. The van der Waals surface area contributed by atoms with E-state index in [2.05, 4.69) is 27.8 Å². The van der Waals surface area contributed by atoms with Gasteiger partial charge in [0.05, 0.1) is 5.56 Å². The van der Waals surface area contributed by atoms with E-state index in [1.807, 2.05) is 0 Å². The number of alkyl halides is 1. The second-order valence-corrected chi connectivity index (χ2v) is 3.39. The second-order valence-electron chi connectivity index (χ2n) is 2.60. The van der Waals surface area contributed by atoms with Crippen molar-refractivity contribution in [2.24, 2.45) is 0 Å². The fourth-order valence-corrected chi connectivity index (χ4v) is 1.19. The smallest absolute Gasteiger partial charge is 0.151 e. The van der Waals surface area contributed by atoms with E-state index in [0.717, 1.165) is 5.33 Å². The summed E-state index contributed by atoms with van der Waals surface area (Å²) >= 11 is 3.24. The number of rotatable bonds is 2. The summed E-state index contributed by atoms with van der Waals surface area (Å²) in [7, 11) is 0. The molecular weight excluding hydrogens is 244 g/mol. The number of halogens is 1. The van der Waals surface area contributed by atoms with Crippen LogP contribution in [-0.4, -0.2) is 16.7 Å². The highest BCUT2D eigenvalue weighted by atomic mass is 79.9. The molecule has 2 nitrogen and oxygen atoms in total. The highest BCUT2D eigenvalue weighted by Gasteiger charge is 2.02. The number of carbonyl (C=O) groups excluding carboxylic acids is 1. The Hall–Kier alpha value is -1.27. The van der Waals surface area contributed by atoms with Crippen LogP contribution in [-0.2, 0) is 0 Å². The normalized spacial score (nSPS) is 8.93. The van der Waals surface area contributed by atoms with Gasteiger partial charge in [-0.05, 0) is 6.07 Å². The first-order valence-corrected chi connectivity index (χ1v) is 5.23. The van der Waals surface area contributed by atoms with E-state index in [-0.39, 0.29) is 5.75 Å². The number of aldehydes is 1. The van der Waals surface area contributed by atoms with Crippen LogP contribution in [0.4, 0.5) is 0 Å². The molecule has 0 radical (unpaired) electrons. The van der Waals surface area contributed by atoms with Gasteiger partial charge in [-0.1, -0.05) is 39.9 Å². The van der Waals surface area contributed by atoms with Crippen molar-refractivity contribution in [1.82, 2.24) is 0 Å². The number of aromatic hydroxyl groups is 1. The van der Waals surface area contributed by atoms with Crippen molar-refractivity contribution in [3.05, 3.63) is 29.3 Å². The number of phenolic OH excluding ortho intramolecular Hbond substituents is 1. The molecule has 0 fully saturated rings. The number of benzene rings is 1. The summed E-state index contributed by atoms with van der Waals surface area (Å²) in [6.07, 6.45) is 1.38. The highest BCUT2D eigenvalue weighted by Crippen LogP contribution is 2.18. The Morgan fingerprint density at radius 1 is 1.50 bits per heavy atom. The van der Waals surface area contributed by atoms with E-state index in [0.29, 0.717) is 23.8 Å². The highest BCUT2D eigenvalue weighted by molar-refractivity contribution is 9.09. The molecule has 0 atom stereocenters. The Labute approximate surface area is 91.1 Å². The summed E-state index contributed by atoms with van der Waals surface area (Å²) in [6.45, 7) is 0. The summed E-state index contributed by atoms with van der Waals surface area (Å²) in [5.74, 6) is 5.68. The van der Waals surface area contributed by atoms with Crippen molar-refractivity contribution >= 4 is 22.2 Å². The van der Waals surface area contributed by atoms with E-state index in [1.165, 1.54) is 6.07 Å². The van der Waals surface area contributed by atoms with Crippen LogP contribution in [0.25, 0.3) is 0 Å². The Morgan fingerprint density at radius 3 is 2.93 bits per heavy atom. The van der Waals surface area contributed by atoms with E-state index >= 15 is 0 Å². The Balaban J connectivity index is 3.06. The zero-order valence-corrected chi connectivity index (χ0v) is 9.04. The van der Waals surface area contributed by atoms with Gasteiger partial charge in [-0.3, -0.25) is 4.79 Å². The third-order valence-corrected chi connectivity index (χ3v) is 2.03. The average Bonchev–Trinajstić information content (AvgIpc) is 2.20. The van der Waals surface area contributed by atoms with Crippen LogP contribution in [0.3, 0.4) is 0 Å². The van der Waals surface area contributed by atoms with Gasteiger partial charge in [0, 0.05) is 17.3 Å². The lowest BCUT2D eigenvalue weighted by atomic mass is 10.1. The van der Waals surface area contributed by atoms with Gasteiger partial charge in [0.1, 0.15) is 5.75 Å². The maximum atomic E-state index is 10.6. The molecule has 0 aliphatic rings. The minimum atomic E-state index is 0.0525. The third kappa shape index (κ3) is 2.61. The third-order valence-electron chi connectivity index (χ3n) is 1.63.